The van der Waals surface area contributed by atoms with Gasteiger partial charge in [0.15, 0.2) is 0 Å². The second-order valence-corrected chi connectivity index (χ2v) is 6.16. The van der Waals surface area contributed by atoms with Crippen LogP contribution in [0.3, 0.4) is 0 Å². The minimum atomic E-state index is -0.405. The van der Waals surface area contributed by atoms with E-state index in [9.17, 15) is 4.79 Å². The Hall–Kier alpha value is -1.81. The lowest BCUT2D eigenvalue weighted by Crippen LogP contribution is -2.35. The van der Waals surface area contributed by atoms with Crippen molar-refractivity contribution in [2.45, 2.75) is 51.2 Å². The number of carbonyl (C=O) groups excluding carboxylic acids is 1. The summed E-state index contributed by atoms with van der Waals surface area (Å²) in [7, 11) is 0. The van der Waals surface area contributed by atoms with Gasteiger partial charge in [-0.1, -0.05) is 74.6 Å². The molecule has 0 saturated heterocycles. The number of carbonyl (C=O) groups is 1. The minimum absolute atomic E-state index is 0.0120. The summed E-state index contributed by atoms with van der Waals surface area (Å²) in [5, 5.41) is 11.9. The van der Waals surface area contributed by atoms with E-state index < -0.39 is 6.09 Å². The molecular formula is C19H27NO3. The lowest BCUT2D eigenvalue weighted by atomic mass is 9.85. The molecule has 1 aromatic carbocycles. The second kappa shape index (κ2) is 10.1. The Labute approximate surface area is 138 Å². The number of hydrogen-bond donors (Lipinski definition) is 2. The minimum Gasteiger partial charge on any atom is -0.445 e. The first-order valence-electron chi connectivity index (χ1n) is 8.52. The van der Waals surface area contributed by atoms with E-state index in [2.05, 4.69) is 5.32 Å². The van der Waals surface area contributed by atoms with E-state index >= 15 is 0 Å². The number of nitrogens with one attached hydrogen (secondary N) is 1. The van der Waals surface area contributed by atoms with Gasteiger partial charge in [-0.25, -0.2) is 4.79 Å². The number of benzene rings is 1. The fourth-order valence-electron chi connectivity index (χ4n) is 3.11. The highest BCUT2D eigenvalue weighted by Crippen LogP contribution is 2.27. The maximum Gasteiger partial charge on any atom is 0.407 e. The Morgan fingerprint density at radius 2 is 2.00 bits per heavy atom. The van der Waals surface area contributed by atoms with Crippen LogP contribution in [0.5, 0.6) is 0 Å². The molecule has 1 aromatic rings. The summed E-state index contributed by atoms with van der Waals surface area (Å²) in [6.45, 7) is 0.258. The van der Waals surface area contributed by atoms with Gasteiger partial charge in [0.05, 0.1) is 12.6 Å². The van der Waals surface area contributed by atoms with Crippen molar-refractivity contribution in [3.8, 4) is 0 Å². The summed E-state index contributed by atoms with van der Waals surface area (Å²) in [5.41, 5.74) is 0.970. The first-order chi connectivity index (χ1) is 11.3. The van der Waals surface area contributed by atoms with Crippen molar-refractivity contribution in [2.24, 2.45) is 5.92 Å². The lowest BCUT2D eigenvalue weighted by molar-refractivity contribution is 0.135. The first-order valence-corrected chi connectivity index (χ1v) is 8.52. The van der Waals surface area contributed by atoms with Crippen LogP contribution in [0, 0.1) is 5.92 Å². The molecule has 0 aliphatic heterocycles. The second-order valence-electron chi connectivity index (χ2n) is 6.16. The van der Waals surface area contributed by atoms with Crippen LogP contribution >= 0.6 is 0 Å². The fourth-order valence-corrected chi connectivity index (χ4v) is 3.11. The molecule has 126 valence electrons. The molecule has 1 amide bonds. The van der Waals surface area contributed by atoms with Gasteiger partial charge in [0.2, 0.25) is 0 Å². The number of aliphatic hydroxyl groups is 1. The Bertz CT molecular complexity index is 481. The topological polar surface area (TPSA) is 58.6 Å². The average Bonchev–Trinajstić information content (AvgIpc) is 2.60. The van der Waals surface area contributed by atoms with Crippen LogP contribution in [0.2, 0.25) is 0 Å². The number of rotatable bonds is 7. The van der Waals surface area contributed by atoms with Crippen molar-refractivity contribution in [1.82, 2.24) is 5.32 Å². The number of ether oxygens (including phenoxy) is 1. The molecular weight excluding hydrogens is 290 g/mol. The molecule has 0 bridgehead atoms. The Kier molecular flexibility index (Phi) is 7.67. The number of amides is 1. The van der Waals surface area contributed by atoms with Gasteiger partial charge in [0.25, 0.3) is 0 Å². The molecule has 23 heavy (non-hydrogen) atoms. The van der Waals surface area contributed by atoms with Gasteiger partial charge in [-0.2, -0.15) is 0 Å². The molecule has 1 aliphatic carbocycles. The summed E-state index contributed by atoms with van der Waals surface area (Å²) in [6.07, 6.45) is 10.4. The zero-order chi connectivity index (χ0) is 16.3. The molecule has 2 rings (SSSR count). The Balaban J connectivity index is 1.80. The van der Waals surface area contributed by atoms with Crippen LogP contribution in [0.4, 0.5) is 4.79 Å². The van der Waals surface area contributed by atoms with E-state index in [1.54, 1.807) is 6.08 Å². The van der Waals surface area contributed by atoms with Gasteiger partial charge < -0.3 is 15.2 Å². The quantitative estimate of drug-likeness (QED) is 0.752. The van der Waals surface area contributed by atoms with Gasteiger partial charge in [-0.05, 0) is 17.9 Å². The van der Waals surface area contributed by atoms with E-state index in [4.69, 9.17) is 9.84 Å². The van der Waals surface area contributed by atoms with Gasteiger partial charge in [0, 0.05) is 0 Å². The molecule has 1 atom stereocenters. The molecule has 0 unspecified atom stereocenters. The van der Waals surface area contributed by atoms with Crippen molar-refractivity contribution in [3.63, 3.8) is 0 Å². The van der Waals surface area contributed by atoms with Crippen LogP contribution in [0.1, 0.15) is 44.1 Å². The number of aliphatic hydroxyl groups excluding tert-OH is 1. The van der Waals surface area contributed by atoms with Crippen LogP contribution in [0.25, 0.3) is 0 Å². The van der Waals surface area contributed by atoms with Crippen molar-refractivity contribution in [1.29, 1.82) is 0 Å². The van der Waals surface area contributed by atoms with Crippen molar-refractivity contribution in [3.05, 3.63) is 48.0 Å². The predicted molar refractivity (Wildman–Crippen MR) is 91.0 cm³/mol. The van der Waals surface area contributed by atoms with Crippen LogP contribution in [-0.2, 0) is 11.3 Å². The van der Waals surface area contributed by atoms with Gasteiger partial charge in [-0.15, -0.1) is 0 Å². The monoisotopic (exact) mass is 317 g/mol. The third kappa shape index (κ3) is 6.87. The van der Waals surface area contributed by atoms with E-state index in [0.717, 1.165) is 12.0 Å². The smallest absolute Gasteiger partial charge is 0.407 e. The highest BCUT2D eigenvalue weighted by atomic mass is 16.5. The molecule has 1 aliphatic rings. The summed E-state index contributed by atoms with van der Waals surface area (Å²) >= 11 is 0. The van der Waals surface area contributed by atoms with Crippen molar-refractivity contribution in [2.75, 3.05) is 6.61 Å². The zero-order valence-corrected chi connectivity index (χ0v) is 13.6. The maximum absolute atomic E-state index is 12.0. The maximum atomic E-state index is 12.0. The molecule has 2 N–H and O–H groups in total. The van der Waals surface area contributed by atoms with Crippen LogP contribution < -0.4 is 5.32 Å². The molecule has 0 spiro atoms. The average molecular weight is 317 g/mol. The predicted octanol–water partition coefficient (Wildman–Crippen LogP) is 3.80. The summed E-state index contributed by atoms with van der Waals surface area (Å²) in [6, 6.07) is 9.56. The SMILES string of the molecule is O=C(N[C@H](/C=C\CO)CC1CCCCC1)OCc1ccccc1. The van der Waals surface area contributed by atoms with Gasteiger partial charge in [-0.3, -0.25) is 0 Å². The summed E-state index contributed by atoms with van der Waals surface area (Å²) in [5.74, 6) is 0.645. The summed E-state index contributed by atoms with van der Waals surface area (Å²) in [4.78, 5) is 12.0. The molecule has 4 heteroatoms. The molecule has 0 radical (unpaired) electrons. The number of hydrogen-bond acceptors (Lipinski definition) is 3. The molecule has 1 fully saturated rings. The van der Waals surface area contributed by atoms with Crippen LogP contribution in [-0.4, -0.2) is 23.8 Å². The first kappa shape index (κ1) is 17.5. The van der Waals surface area contributed by atoms with E-state index in [1.807, 2.05) is 36.4 Å². The molecule has 1 saturated carbocycles. The zero-order valence-electron chi connectivity index (χ0n) is 13.6. The van der Waals surface area contributed by atoms with E-state index in [0.29, 0.717) is 5.92 Å². The lowest BCUT2D eigenvalue weighted by Gasteiger charge is -2.25. The highest BCUT2D eigenvalue weighted by molar-refractivity contribution is 5.67. The van der Waals surface area contributed by atoms with Crippen LogP contribution in [0.15, 0.2) is 42.5 Å². The Morgan fingerprint density at radius 1 is 1.26 bits per heavy atom. The third-order valence-electron chi connectivity index (χ3n) is 4.30. The highest BCUT2D eigenvalue weighted by Gasteiger charge is 2.19. The molecule has 4 nitrogen and oxygen atoms in total. The van der Waals surface area contributed by atoms with E-state index in [-0.39, 0.29) is 19.3 Å². The van der Waals surface area contributed by atoms with Gasteiger partial charge in [0.1, 0.15) is 6.61 Å². The summed E-state index contributed by atoms with van der Waals surface area (Å²) < 4.78 is 5.28. The fraction of sp³-hybridized carbons (Fsp3) is 0.526. The van der Waals surface area contributed by atoms with Crippen molar-refractivity contribution >= 4 is 6.09 Å². The normalized spacial score (nSPS) is 17.1. The largest absolute Gasteiger partial charge is 0.445 e. The number of alkyl carbamates (subject to hydrolysis) is 1. The van der Waals surface area contributed by atoms with Gasteiger partial charge >= 0.3 is 6.09 Å². The standard InChI is InChI=1S/C19H27NO3/c21-13-7-12-18(14-16-8-3-1-4-9-16)20-19(22)23-15-17-10-5-2-6-11-17/h2,5-7,10-12,16,18,21H,1,3-4,8-9,13-15H2,(H,20,22)/b12-7-/t18-/m1/s1. The van der Waals surface area contributed by atoms with Crippen molar-refractivity contribution < 1.29 is 14.6 Å². The third-order valence-corrected chi connectivity index (χ3v) is 4.30. The Morgan fingerprint density at radius 3 is 2.70 bits per heavy atom. The molecule has 0 aromatic heterocycles. The van der Waals surface area contributed by atoms with E-state index in [1.165, 1.54) is 32.1 Å². The molecule has 0 heterocycles.